The summed E-state index contributed by atoms with van der Waals surface area (Å²) in [7, 11) is 3.19. The van der Waals surface area contributed by atoms with Crippen molar-refractivity contribution in [1.82, 2.24) is 9.97 Å². The Hall–Kier alpha value is -2.14. The van der Waals surface area contributed by atoms with Gasteiger partial charge in [0.1, 0.15) is 12.1 Å². The van der Waals surface area contributed by atoms with Crippen LogP contribution in [0.15, 0.2) is 30.6 Å². The number of nitrogens with two attached hydrogens (primary N) is 1. The Morgan fingerprint density at radius 1 is 1.11 bits per heavy atom. The lowest BCUT2D eigenvalue weighted by molar-refractivity contribution is 0.394. The Kier molecular flexibility index (Phi) is 3.97. The van der Waals surface area contributed by atoms with Crippen LogP contribution in [0.5, 0.6) is 11.6 Å². The van der Waals surface area contributed by atoms with Gasteiger partial charge in [0.25, 0.3) is 0 Å². The third-order valence-corrected chi connectivity index (χ3v) is 2.91. The second-order valence-corrected chi connectivity index (χ2v) is 4.21. The molecule has 100 valence electrons. The number of benzene rings is 1. The largest absolute Gasteiger partial charge is 0.496 e. The van der Waals surface area contributed by atoms with Gasteiger partial charge in [-0.05, 0) is 13.0 Å². The Bertz CT molecular complexity index is 572. The fourth-order valence-corrected chi connectivity index (χ4v) is 1.89. The van der Waals surface area contributed by atoms with Crippen LogP contribution in [0.25, 0.3) is 0 Å². The van der Waals surface area contributed by atoms with E-state index >= 15 is 0 Å². The topological polar surface area (TPSA) is 70.3 Å². The van der Waals surface area contributed by atoms with E-state index in [1.165, 1.54) is 6.33 Å². The normalized spacial score (nSPS) is 12.0. The van der Waals surface area contributed by atoms with Gasteiger partial charge in [-0.15, -0.1) is 0 Å². The molecule has 5 nitrogen and oxygen atoms in total. The average Bonchev–Trinajstić information content (AvgIpc) is 2.46. The van der Waals surface area contributed by atoms with Gasteiger partial charge < -0.3 is 15.2 Å². The molecule has 0 aliphatic rings. The van der Waals surface area contributed by atoms with Crippen molar-refractivity contribution < 1.29 is 9.47 Å². The fraction of sp³-hybridized carbons (Fsp3) is 0.286. The van der Waals surface area contributed by atoms with Crippen LogP contribution in [0.1, 0.15) is 22.9 Å². The summed E-state index contributed by atoms with van der Waals surface area (Å²) < 4.78 is 10.4. The Morgan fingerprint density at radius 2 is 1.89 bits per heavy atom. The van der Waals surface area contributed by atoms with Crippen LogP contribution in [-0.4, -0.2) is 24.2 Å². The first kappa shape index (κ1) is 13.3. The molecule has 0 bridgehead atoms. The molecule has 0 amide bonds. The molecule has 2 aromatic rings. The minimum Gasteiger partial charge on any atom is -0.496 e. The second kappa shape index (κ2) is 5.67. The Labute approximate surface area is 112 Å². The van der Waals surface area contributed by atoms with Gasteiger partial charge in [0.15, 0.2) is 0 Å². The van der Waals surface area contributed by atoms with E-state index in [9.17, 15) is 0 Å². The summed E-state index contributed by atoms with van der Waals surface area (Å²) in [5.41, 5.74) is 8.96. The molecule has 1 unspecified atom stereocenters. The number of methoxy groups -OCH3 is 2. The number of hydrogen-bond donors (Lipinski definition) is 1. The minimum absolute atomic E-state index is 0.383. The Balaban J connectivity index is 2.42. The molecule has 1 atom stereocenters. The summed E-state index contributed by atoms with van der Waals surface area (Å²) >= 11 is 0. The zero-order valence-electron chi connectivity index (χ0n) is 11.3. The monoisotopic (exact) mass is 259 g/mol. The van der Waals surface area contributed by atoms with E-state index in [-0.39, 0.29) is 6.04 Å². The number of nitrogens with zero attached hydrogens (tertiary/aromatic N) is 2. The van der Waals surface area contributed by atoms with Crippen molar-refractivity contribution in [3.8, 4) is 11.6 Å². The summed E-state index contributed by atoms with van der Waals surface area (Å²) in [6.45, 7) is 2.01. The lowest BCUT2D eigenvalue weighted by atomic mass is 10.0. The van der Waals surface area contributed by atoms with Gasteiger partial charge >= 0.3 is 0 Å². The number of aryl methyl sites for hydroxylation is 1. The summed E-state index contributed by atoms with van der Waals surface area (Å²) in [6, 6.07) is 7.23. The smallest absolute Gasteiger partial charge is 0.216 e. The third kappa shape index (κ3) is 2.82. The zero-order valence-corrected chi connectivity index (χ0v) is 11.3. The highest BCUT2D eigenvalue weighted by Crippen LogP contribution is 2.29. The molecule has 1 heterocycles. The molecular formula is C14H17N3O2. The van der Waals surface area contributed by atoms with Gasteiger partial charge in [-0.25, -0.2) is 9.97 Å². The molecule has 0 radical (unpaired) electrons. The van der Waals surface area contributed by atoms with Gasteiger partial charge in [-0.1, -0.05) is 17.7 Å². The van der Waals surface area contributed by atoms with Gasteiger partial charge in [0.05, 0.1) is 26.0 Å². The van der Waals surface area contributed by atoms with E-state index in [4.69, 9.17) is 15.2 Å². The number of hydrogen-bond acceptors (Lipinski definition) is 5. The maximum atomic E-state index is 6.26. The second-order valence-electron chi connectivity index (χ2n) is 4.21. The van der Waals surface area contributed by atoms with E-state index in [2.05, 4.69) is 9.97 Å². The summed E-state index contributed by atoms with van der Waals surface area (Å²) in [6.07, 6.45) is 1.44. The van der Waals surface area contributed by atoms with Crippen LogP contribution >= 0.6 is 0 Å². The summed E-state index contributed by atoms with van der Waals surface area (Å²) in [5, 5.41) is 0. The van der Waals surface area contributed by atoms with E-state index in [1.807, 2.05) is 25.1 Å². The van der Waals surface area contributed by atoms with Crippen molar-refractivity contribution in [2.45, 2.75) is 13.0 Å². The highest BCUT2D eigenvalue weighted by Gasteiger charge is 2.16. The van der Waals surface area contributed by atoms with Crippen LogP contribution in [0.4, 0.5) is 0 Å². The van der Waals surface area contributed by atoms with Crippen molar-refractivity contribution in [2.24, 2.45) is 5.73 Å². The summed E-state index contributed by atoms with van der Waals surface area (Å²) in [5.74, 6) is 1.24. The predicted octanol–water partition coefficient (Wildman–Crippen LogP) is 1.85. The van der Waals surface area contributed by atoms with Crippen molar-refractivity contribution in [1.29, 1.82) is 0 Å². The number of aromatic nitrogens is 2. The first-order chi connectivity index (χ1) is 9.15. The van der Waals surface area contributed by atoms with Crippen LogP contribution in [0.2, 0.25) is 0 Å². The molecule has 0 saturated carbocycles. The first-order valence-corrected chi connectivity index (χ1v) is 5.91. The molecule has 2 rings (SSSR count). The van der Waals surface area contributed by atoms with Gasteiger partial charge in [0, 0.05) is 11.6 Å². The van der Waals surface area contributed by atoms with Crippen LogP contribution in [0, 0.1) is 6.92 Å². The molecule has 0 fully saturated rings. The lowest BCUT2D eigenvalue weighted by Gasteiger charge is -2.16. The van der Waals surface area contributed by atoms with E-state index in [0.717, 1.165) is 16.9 Å². The highest BCUT2D eigenvalue weighted by atomic mass is 16.5. The quantitative estimate of drug-likeness (QED) is 0.907. The molecule has 19 heavy (non-hydrogen) atoms. The van der Waals surface area contributed by atoms with E-state index in [1.54, 1.807) is 20.3 Å². The maximum Gasteiger partial charge on any atom is 0.216 e. The molecule has 0 aliphatic carbocycles. The maximum absolute atomic E-state index is 6.26. The zero-order chi connectivity index (χ0) is 13.8. The molecule has 0 aliphatic heterocycles. The van der Waals surface area contributed by atoms with Gasteiger partial charge in [-0.3, -0.25) is 0 Å². The standard InChI is InChI=1S/C14H17N3O2/c1-9-4-5-12(18-2)10(6-9)14(15)11-7-13(19-3)17-8-16-11/h4-8,14H,15H2,1-3H3. The van der Waals surface area contributed by atoms with Crippen molar-refractivity contribution in [3.05, 3.63) is 47.4 Å². The van der Waals surface area contributed by atoms with E-state index < -0.39 is 0 Å². The van der Waals surface area contributed by atoms with Crippen molar-refractivity contribution >= 4 is 0 Å². The average molecular weight is 259 g/mol. The van der Waals surface area contributed by atoms with Crippen LogP contribution in [-0.2, 0) is 0 Å². The molecule has 0 spiro atoms. The SMILES string of the molecule is COc1cc(C(N)c2cc(C)ccc2OC)ncn1. The van der Waals surface area contributed by atoms with Crippen LogP contribution < -0.4 is 15.2 Å². The predicted molar refractivity (Wildman–Crippen MR) is 72.3 cm³/mol. The Morgan fingerprint density at radius 3 is 2.58 bits per heavy atom. The molecule has 1 aromatic carbocycles. The number of rotatable bonds is 4. The van der Waals surface area contributed by atoms with Gasteiger partial charge in [0.2, 0.25) is 5.88 Å². The van der Waals surface area contributed by atoms with Crippen molar-refractivity contribution in [2.75, 3.05) is 14.2 Å². The first-order valence-electron chi connectivity index (χ1n) is 5.91. The molecule has 5 heteroatoms. The van der Waals surface area contributed by atoms with Crippen molar-refractivity contribution in [3.63, 3.8) is 0 Å². The highest BCUT2D eigenvalue weighted by molar-refractivity contribution is 5.42. The molecule has 0 saturated heterocycles. The summed E-state index contributed by atoms with van der Waals surface area (Å²) in [4.78, 5) is 8.17. The fourth-order valence-electron chi connectivity index (χ4n) is 1.89. The molecular weight excluding hydrogens is 242 g/mol. The van der Waals surface area contributed by atoms with Gasteiger partial charge in [-0.2, -0.15) is 0 Å². The minimum atomic E-state index is -0.383. The number of ether oxygens (including phenoxy) is 2. The van der Waals surface area contributed by atoms with E-state index in [0.29, 0.717) is 11.6 Å². The van der Waals surface area contributed by atoms with Crippen LogP contribution in [0.3, 0.4) is 0 Å². The molecule has 1 aromatic heterocycles. The lowest BCUT2D eigenvalue weighted by Crippen LogP contribution is -2.15. The molecule has 2 N–H and O–H groups in total. The third-order valence-electron chi connectivity index (χ3n) is 2.91.